The lowest BCUT2D eigenvalue weighted by Crippen LogP contribution is -2.64. The summed E-state index contributed by atoms with van der Waals surface area (Å²) in [6.45, 7) is 2.56. The highest BCUT2D eigenvalue weighted by atomic mass is 32.2. The van der Waals surface area contributed by atoms with Gasteiger partial charge in [0.25, 0.3) is 0 Å². The second-order valence-corrected chi connectivity index (χ2v) is 7.69. The molecule has 0 radical (unpaired) electrons. The minimum atomic E-state index is -0.395. The van der Waals surface area contributed by atoms with Crippen LogP contribution in [0.2, 0.25) is 0 Å². The SMILES string of the molecule is CCOc1ccc(CC2NNC(SCC(=O)Nc3ccc(OC)cc3)NC2=O)cc1. The Morgan fingerprint density at radius 2 is 1.77 bits per heavy atom. The van der Waals surface area contributed by atoms with Crippen molar-refractivity contribution in [1.29, 1.82) is 0 Å². The lowest BCUT2D eigenvalue weighted by molar-refractivity contribution is -0.125. The Labute approximate surface area is 180 Å². The number of carbonyl (C=O) groups is 2. The van der Waals surface area contributed by atoms with E-state index in [1.54, 1.807) is 31.4 Å². The number of benzene rings is 2. The predicted octanol–water partition coefficient (Wildman–Crippen LogP) is 1.88. The molecule has 1 heterocycles. The molecule has 2 aromatic rings. The molecule has 1 fully saturated rings. The summed E-state index contributed by atoms with van der Waals surface area (Å²) in [5.41, 5.74) is 7.40. The molecule has 2 aromatic carbocycles. The van der Waals surface area contributed by atoms with Gasteiger partial charge < -0.3 is 20.1 Å². The van der Waals surface area contributed by atoms with Crippen LogP contribution in [0.5, 0.6) is 11.5 Å². The van der Waals surface area contributed by atoms with E-state index in [0.29, 0.717) is 18.7 Å². The quantitative estimate of drug-likeness (QED) is 0.482. The summed E-state index contributed by atoms with van der Waals surface area (Å²) in [5.74, 6) is 1.45. The molecule has 0 spiro atoms. The van der Waals surface area contributed by atoms with Gasteiger partial charge in [-0.25, -0.2) is 10.9 Å². The fourth-order valence-corrected chi connectivity index (χ4v) is 3.63. The zero-order valence-electron chi connectivity index (χ0n) is 16.9. The van der Waals surface area contributed by atoms with E-state index in [4.69, 9.17) is 9.47 Å². The number of thioether (sulfide) groups is 1. The van der Waals surface area contributed by atoms with Crippen LogP contribution in [0.1, 0.15) is 12.5 Å². The first-order valence-electron chi connectivity index (χ1n) is 9.66. The zero-order chi connectivity index (χ0) is 21.3. The normalized spacial score (nSPS) is 18.4. The molecule has 0 aromatic heterocycles. The van der Waals surface area contributed by atoms with Gasteiger partial charge >= 0.3 is 0 Å². The molecule has 30 heavy (non-hydrogen) atoms. The number of rotatable bonds is 9. The van der Waals surface area contributed by atoms with Crippen molar-refractivity contribution in [2.75, 3.05) is 24.8 Å². The highest BCUT2D eigenvalue weighted by molar-refractivity contribution is 8.00. The van der Waals surface area contributed by atoms with Crippen LogP contribution in [0.4, 0.5) is 5.69 Å². The number of nitrogens with one attached hydrogen (secondary N) is 4. The van der Waals surface area contributed by atoms with E-state index < -0.39 is 11.5 Å². The lowest BCUT2D eigenvalue weighted by Gasteiger charge is -2.31. The number of amides is 2. The second-order valence-electron chi connectivity index (χ2n) is 6.60. The third-order valence-corrected chi connectivity index (χ3v) is 5.41. The smallest absolute Gasteiger partial charge is 0.240 e. The van der Waals surface area contributed by atoms with E-state index in [1.807, 2.05) is 31.2 Å². The number of carbonyl (C=O) groups excluding carboxylic acids is 2. The minimum absolute atomic E-state index is 0.115. The molecular formula is C21H26N4O4S. The van der Waals surface area contributed by atoms with Crippen molar-refractivity contribution >= 4 is 29.3 Å². The van der Waals surface area contributed by atoms with Gasteiger partial charge in [0, 0.05) is 5.69 Å². The molecule has 1 aliphatic rings. The van der Waals surface area contributed by atoms with Gasteiger partial charge in [0.15, 0.2) is 0 Å². The standard InChI is InChI=1S/C21H26N4O4S/c1-3-29-17-8-4-14(5-9-17)12-18-20(27)23-21(25-24-18)30-13-19(26)22-15-6-10-16(28-2)11-7-15/h4-11,18,21,24-25H,3,12-13H2,1-2H3,(H,22,26)(H,23,27). The third kappa shape index (κ3) is 6.38. The summed E-state index contributed by atoms with van der Waals surface area (Å²) in [6, 6.07) is 14.4. The zero-order valence-corrected chi connectivity index (χ0v) is 17.8. The Morgan fingerprint density at radius 3 is 2.40 bits per heavy atom. The van der Waals surface area contributed by atoms with Crippen molar-refractivity contribution in [2.24, 2.45) is 0 Å². The van der Waals surface area contributed by atoms with Crippen LogP contribution < -0.4 is 31.0 Å². The maximum atomic E-state index is 12.4. The van der Waals surface area contributed by atoms with E-state index in [-0.39, 0.29) is 17.6 Å². The number of hydrazine groups is 1. The van der Waals surface area contributed by atoms with E-state index >= 15 is 0 Å². The Hall–Kier alpha value is -2.75. The Morgan fingerprint density at radius 1 is 1.07 bits per heavy atom. The highest BCUT2D eigenvalue weighted by Crippen LogP contribution is 2.17. The van der Waals surface area contributed by atoms with Crippen molar-refractivity contribution in [3.8, 4) is 11.5 Å². The third-order valence-electron chi connectivity index (χ3n) is 4.41. The monoisotopic (exact) mass is 430 g/mol. The highest BCUT2D eigenvalue weighted by Gasteiger charge is 2.27. The van der Waals surface area contributed by atoms with Gasteiger partial charge in [0.05, 0.1) is 19.5 Å². The van der Waals surface area contributed by atoms with E-state index in [9.17, 15) is 9.59 Å². The molecule has 160 valence electrons. The molecule has 0 aliphatic carbocycles. The molecule has 4 N–H and O–H groups in total. The summed E-state index contributed by atoms with van der Waals surface area (Å²) in [5, 5.41) is 5.69. The van der Waals surface area contributed by atoms with Crippen LogP contribution in [-0.2, 0) is 16.0 Å². The molecule has 3 rings (SSSR count). The first-order valence-corrected chi connectivity index (χ1v) is 10.7. The number of methoxy groups -OCH3 is 1. The van der Waals surface area contributed by atoms with Crippen LogP contribution in [0.3, 0.4) is 0 Å². The van der Waals surface area contributed by atoms with E-state index in [2.05, 4.69) is 21.5 Å². The van der Waals surface area contributed by atoms with Gasteiger partial charge in [-0.3, -0.25) is 9.59 Å². The summed E-state index contributed by atoms with van der Waals surface area (Å²) in [4.78, 5) is 24.5. The largest absolute Gasteiger partial charge is 0.497 e. The van der Waals surface area contributed by atoms with E-state index in [1.165, 1.54) is 11.8 Å². The van der Waals surface area contributed by atoms with E-state index in [0.717, 1.165) is 17.1 Å². The maximum Gasteiger partial charge on any atom is 0.240 e. The van der Waals surface area contributed by atoms with Gasteiger partial charge in [-0.15, -0.1) is 11.8 Å². The summed E-state index contributed by atoms with van der Waals surface area (Å²) >= 11 is 1.29. The molecular weight excluding hydrogens is 404 g/mol. The van der Waals surface area contributed by atoms with Crippen LogP contribution in [0.25, 0.3) is 0 Å². The Kier molecular flexibility index (Phi) is 7.95. The van der Waals surface area contributed by atoms with Crippen molar-refractivity contribution in [3.05, 3.63) is 54.1 Å². The first kappa shape index (κ1) is 21.9. The second kappa shape index (κ2) is 10.9. The molecule has 0 saturated carbocycles. The Balaban J connectivity index is 1.41. The van der Waals surface area contributed by atoms with Crippen molar-refractivity contribution in [1.82, 2.24) is 16.2 Å². The minimum Gasteiger partial charge on any atom is -0.497 e. The van der Waals surface area contributed by atoms with Gasteiger partial charge in [-0.2, -0.15) is 0 Å². The summed E-state index contributed by atoms with van der Waals surface area (Å²) in [6.07, 6.45) is 0.542. The van der Waals surface area contributed by atoms with Crippen molar-refractivity contribution in [2.45, 2.75) is 24.9 Å². The molecule has 0 bridgehead atoms. The van der Waals surface area contributed by atoms with Gasteiger partial charge in [-0.1, -0.05) is 12.1 Å². The summed E-state index contributed by atoms with van der Waals surface area (Å²) in [7, 11) is 1.59. The number of ether oxygens (including phenoxy) is 2. The van der Waals surface area contributed by atoms with Gasteiger partial charge in [-0.05, 0) is 55.3 Å². The van der Waals surface area contributed by atoms with Crippen molar-refractivity contribution < 1.29 is 19.1 Å². The fourth-order valence-electron chi connectivity index (χ4n) is 2.89. The molecule has 8 nitrogen and oxygen atoms in total. The molecule has 2 atom stereocenters. The van der Waals surface area contributed by atoms with Crippen LogP contribution in [-0.4, -0.2) is 42.8 Å². The average Bonchev–Trinajstić information content (AvgIpc) is 2.76. The number of hydrogen-bond donors (Lipinski definition) is 4. The predicted molar refractivity (Wildman–Crippen MR) is 117 cm³/mol. The lowest BCUT2D eigenvalue weighted by atomic mass is 10.1. The molecule has 2 unspecified atom stereocenters. The van der Waals surface area contributed by atoms with Crippen molar-refractivity contribution in [3.63, 3.8) is 0 Å². The topological polar surface area (TPSA) is 101 Å². The first-order chi connectivity index (χ1) is 14.6. The van der Waals surface area contributed by atoms with Gasteiger partial charge in [0.1, 0.15) is 23.0 Å². The fraction of sp³-hybridized carbons (Fsp3) is 0.333. The summed E-state index contributed by atoms with van der Waals surface area (Å²) < 4.78 is 10.5. The van der Waals surface area contributed by atoms with Crippen LogP contribution in [0.15, 0.2) is 48.5 Å². The molecule has 1 saturated heterocycles. The van der Waals surface area contributed by atoms with Gasteiger partial charge in [0.2, 0.25) is 11.8 Å². The number of hydrogen-bond acceptors (Lipinski definition) is 7. The van der Waals surface area contributed by atoms with Crippen LogP contribution >= 0.6 is 11.8 Å². The Bertz CT molecular complexity index is 845. The number of anilines is 1. The molecule has 2 amide bonds. The van der Waals surface area contributed by atoms with Crippen LogP contribution in [0, 0.1) is 0 Å². The molecule has 1 aliphatic heterocycles. The molecule has 9 heteroatoms. The average molecular weight is 431 g/mol. The maximum absolute atomic E-state index is 12.4.